The van der Waals surface area contributed by atoms with Gasteiger partial charge in [-0.05, 0) is 12.6 Å². The molecule has 0 atom stereocenters. The van der Waals surface area contributed by atoms with Crippen molar-refractivity contribution >= 4 is 17.8 Å². The van der Waals surface area contributed by atoms with Gasteiger partial charge < -0.3 is 19.1 Å². The summed E-state index contributed by atoms with van der Waals surface area (Å²) in [5, 5.41) is 0. The van der Waals surface area contributed by atoms with Gasteiger partial charge in [0.25, 0.3) is 0 Å². The van der Waals surface area contributed by atoms with E-state index >= 15 is 0 Å². The van der Waals surface area contributed by atoms with Gasteiger partial charge in [-0.15, -0.1) is 0 Å². The average molecular weight is 325 g/mol. The molecule has 1 amide bonds. The van der Waals surface area contributed by atoms with Crippen LogP contribution in [0, 0.1) is 0 Å². The number of amides is 1. The molecule has 23 heavy (non-hydrogen) atoms. The Hall–Kier alpha value is -2.41. The molecule has 0 aromatic rings. The summed E-state index contributed by atoms with van der Waals surface area (Å²) in [6.45, 7) is 11.6. The lowest BCUT2D eigenvalue weighted by atomic mass is 10.4. The van der Waals surface area contributed by atoms with Crippen molar-refractivity contribution in [2.75, 3.05) is 33.0 Å². The third kappa shape index (κ3) is 10.9. The van der Waals surface area contributed by atoms with Gasteiger partial charge in [0.05, 0.1) is 13.2 Å². The van der Waals surface area contributed by atoms with Crippen molar-refractivity contribution in [2.45, 2.75) is 12.8 Å². The Morgan fingerprint density at radius 2 is 1.52 bits per heavy atom. The van der Waals surface area contributed by atoms with Crippen LogP contribution in [-0.2, 0) is 28.6 Å². The molecule has 1 heterocycles. The van der Waals surface area contributed by atoms with Crippen LogP contribution in [0.15, 0.2) is 38.1 Å². The van der Waals surface area contributed by atoms with E-state index in [0.29, 0.717) is 6.42 Å². The molecule has 1 saturated heterocycles. The van der Waals surface area contributed by atoms with Crippen LogP contribution in [0.2, 0.25) is 0 Å². The van der Waals surface area contributed by atoms with E-state index in [9.17, 15) is 14.4 Å². The lowest BCUT2D eigenvalue weighted by Crippen LogP contribution is -2.16. The lowest BCUT2D eigenvalue weighted by molar-refractivity contribution is -0.140. The Bertz CT molecular complexity index is 408. The van der Waals surface area contributed by atoms with Crippen molar-refractivity contribution < 1.29 is 28.6 Å². The molecule has 0 bridgehead atoms. The van der Waals surface area contributed by atoms with Gasteiger partial charge in [0.15, 0.2) is 0 Å². The summed E-state index contributed by atoms with van der Waals surface area (Å²) in [4.78, 5) is 33.4. The predicted molar refractivity (Wildman–Crippen MR) is 84.3 cm³/mol. The third-order valence-corrected chi connectivity index (χ3v) is 2.61. The molecule has 0 aromatic heterocycles. The van der Waals surface area contributed by atoms with E-state index in [-0.39, 0.29) is 32.3 Å². The molecular formula is C16H23NO6. The smallest absolute Gasteiger partial charge is 0.330 e. The number of hydrogen-bond acceptors (Lipinski definition) is 6. The van der Waals surface area contributed by atoms with Crippen LogP contribution in [0.1, 0.15) is 12.8 Å². The van der Waals surface area contributed by atoms with Crippen molar-refractivity contribution in [2.24, 2.45) is 0 Å². The molecule has 1 rings (SSSR count). The Morgan fingerprint density at radius 3 is 1.83 bits per heavy atom. The minimum atomic E-state index is -0.489. The molecular weight excluding hydrogens is 302 g/mol. The van der Waals surface area contributed by atoms with Gasteiger partial charge in [-0.2, -0.15) is 0 Å². The lowest BCUT2D eigenvalue weighted by Gasteiger charge is -2.05. The molecule has 1 aliphatic heterocycles. The predicted octanol–water partition coefficient (Wildman–Crippen LogP) is 1.21. The first kappa shape index (κ1) is 20.6. The summed E-state index contributed by atoms with van der Waals surface area (Å²) in [5.74, 6) is -0.770. The standard InChI is InChI=1S/C10H14O5.C6H9NO/c1-3-9(11)14-7-5-13-6-8-15-10(12)4-2;1-2-7-5-3-4-6(7)8/h3-4H,1-2,5-8H2;2H,1,3-5H2. The normalized spacial score (nSPS) is 12.7. The maximum Gasteiger partial charge on any atom is 0.330 e. The fourth-order valence-corrected chi connectivity index (χ4v) is 1.48. The largest absolute Gasteiger partial charge is 0.460 e. The topological polar surface area (TPSA) is 82.1 Å². The minimum absolute atomic E-state index is 0.153. The number of rotatable bonds is 9. The van der Waals surface area contributed by atoms with Crippen LogP contribution < -0.4 is 0 Å². The van der Waals surface area contributed by atoms with Crippen molar-refractivity contribution in [1.82, 2.24) is 4.90 Å². The first-order valence-electron chi connectivity index (χ1n) is 7.13. The van der Waals surface area contributed by atoms with E-state index < -0.39 is 11.9 Å². The first-order chi connectivity index (χ1) is 11.0. The number of ether oxygens (including phenoxy) is 3. The molecule has 128 valence electrons. The van der Waals surface area contributed by atoms with Crippen molar-refractivity contribution in [3.63, 3.8) is 0 Å². The van der Waals surface area contributed by atoms with E-state index in [0.717, 1.165) is 25.1 Å². The Labute approximate surface area is 136 Å². The second-order valence-electron chi connectivity index (χ2n) is 4.23. The number of likely N-dealkylation sites (tertiary alicyclic amines) is 1. The number of carbonyl (C=O) groups excluding carboxylic acids is 3. The van der Waals surface area contributed by atoms with Crippen molar-refractivity contribution in [1.29, 1.82) is 0 Å². The second-order valence-corrected chi connectivity index (χ2v) is 4.23. The van der Waals surface area contributed by atoms with Gasteiger partial charge in [0.2, 0.25) is 5.91 Å². The summed E-state index contributed by atoms with van der Waals surface area (Å²) < 4.78 is 14.3. The molecule has 0 N–H and O–H groups in total. The quantitative estimate of drug-likeness (QED) is 0.360. The van der Waals surface area contributed by atoms with Crippen LogP contribution >= 0.6 is 0 Å². The third-order valence-electron chi connectivity index (χ3n) is 2.61. The van der Waals surface area contributed by atoms with Crippen molar-refractivity contribution in [3.05, 3.63) is 38.1 Å². The Morgan fingerprint density at radius 1 is 1.00 bits per heavy atom. The molecule has 0 saturated carbocycles. The zero-order chi connectivity index (χ0) is 17.5. The van der Waals surface area contributed by atoms with Gasteiger partial charge in [0.1, 0.15) is 13.2 Å². The number of esters is 2. The summed E-state index contributed by atoms with van der Waals surface area (Å²) in [7, 11) is 0. The van der Waals surface area contributed by atoms with Gasteiger partial charge >= 0.3 is 11.9 Å². The van der Waals surface area contributed by atoms with Crippen molar-refractivity contribution in [3.8, 4) is 0 Å². The number of hydrogen-bond donors (Lipinski definition) is 0. The Kier molecular flexibility index (Phi) is 11.9. The van der Waals surface area contributed by atoms with Crippen LogP contribution in [0.5, 0.6) is 0 Å². The highest BCUT2D eigenvalue weighted by molar-refractivity contribution is 5.81. The molecule has 0 unspecified atom stereocenters. The van der Waals surface area contributed by atoms with Gasteiger partial charge in [-0.3, -0.25) is 4.79 Å². The fraction of sp³-hybridized carbons (Fsp3) is 0.438. The first-order valence-corrected chi connectivity index (χ1v) is 7.13. The molecule has 1 fully saturated rings. The van der Waals surface area contributed by atoms with Crippen LogP contribution in [0.25, 0.3) is 0 Å². The highest BCUT2D eigenvalue weighted by Crippen LogP contribution is 2.08. The van der Waals surface area contributed by atoms with Gasteiger partial charge in [0, 0.05) is 25.1 Å². The Balaban J connectivity index is 0.000000502. The van der Waals surface area contributed by atoms with Crippen LogP contribution in [-0.4, -0.2) is 55.7 Å². The fourth-order valence-electron chi connectivity index (χ4n) is 1.48. The summed E-state index contributed by atoms with van der Waals surface area (Å²) in [5.41, 5.74) is 0. The summed E-state index contributed by atoms with van der Waals surface area (Å²) >= 11 is 0. The highest BCUT2D eigenvalue weighted by atomic mass is 16.6. The van der Waals surface area contributed by atoms with E-state index in [4.69, 9.17) is 4.74 Å². The number of nitrogens with zero attached hydrogens (tertiary/aromatic N) is 1. The SMILES string of the molecule is C=CC(=O)OCCOCCOC(=O)C=C.C=CN1CCCC1=O. The van der Waals surface area contributed by atoms with E-state index in [1.54, 1.807) is 11.1 Å². The van der Waals surface area contributed by atoms with Gasteiger partial charge in [-0.1, -0.05) is 19.7 Å². The zero-order valence-corrected chi connectivity index (χ0v) is 13.2. The molecule has 0 spiro atoms. The summed E-state index contributed by atoms with van der Waals surface area (Å²) in [6.07, 6.45) is 5.43. The maximum absolute atomic E-state index is 10.7. The maximum atomic E-state index is 10.7. The summed E-state index contributed by atoms with van der Waals surface area (Å²) in [6, 6.07) is 0. The van der Waals surface area contributed by atoms with E-state index in [2.05, 4.69) is 29.2 Å². The molecule has 7 heteroatoms. The van der Waals surface area contributed by atoms with E-state index in [1.165, 1.54) is 0 Å². The van der Waals surface area contributed by atoms with Gasteiger partial charge in [-0.25, -0.2) is 9.59 Å². The monoisotopic (exact) mass is 325 g/mol. The second kappa shape index (κ2) is 13.3. The van der Waals surface area contributed by atoms with E-state index in [1.807, 2.05) is 0 Å². The van der Waals surface area contributed by atoms with Crippen LogP contribution in [0.3, 0.4) is 0 Å². The molecule has 0 radical (unpaired) electrons. The number of carbonyl (C=O) groups is 3. The molecule has 1 aliphatic rings. The highest BCUT2D eigenvalue weighted by Gasteiger charge is 2.16. The van der Waals surface area contributed by atoms with Crippen LogP contribution in [0.4, 0.5) is 0 Å². The molecule has 7 nitrogen and oxygen atoms in total. The minimum Gasteiger partial charge on any atom is -0.460 e. The molecule has 0 aliphatic carbocycles. The molecule has 0 aromatic carbocycles. The average Bonchev–Trinajstić information content (AvgIpc) is 2.99. The zero-order valence-electron chi connectivity index (χ0n) is 13.2.